The zero-order chi connectivity index (χ0) is 20.9. The SMILES string of the molecule is COCC(C)NS(=O)(=O)c1ccc(NC(=O)Cc2cccc3ccccc23)cc1. The van der Waals surface area contributed by atoms with Gasteiger partial charge in [0, 0.05) is 18.8 Å². The maximum atomic E-state index is 12.5. The fourth-order valence-corrected chi connectivity index (χ4v) is 4.39. The van der Waals surface area contributed by atoms with Gasteiger partial charge < -0.3 is 10.1 Å². The molecule has 2 N–H and O–H groups in total. The zero-order valence-electron chi connectivity index (χ0n) is 16.4. The second kappa shape index (κ2) is 9.17. The van der Waals surface area contributed by atoms with E-state index in [1.807, 2.05) is 42.5 Å². The number of hydrogen-bond donors (Lipinski definition) is 2. The van der Waals surface area contributed by atoms with Gasteiger partial charge in [-0.15, -0.1) is 0 Å². The molecule has 7 heteroatoms. The lowest BCUT2D eigenvalue weighted by Crippen LogP contribution is -2.35. The Hall–Kier alpha value is -2.74. The first-order chi connectivity index (χ1) is 13.9. The van der Waals surface area contributed by atoms with Crippen LogP contribution in [0.4, 0.5) is 5.69 Å². The highest BCUT2D eigenvalue weighted by molar-refractivity contribution is 7.89. The van der Waals surface area contributed by atoms with Crippen LogP contribution in [0.25, 0.3) is 10.8 Å². The highest BCUT2D eigenvalue weighted by atomic mass is 32.2. The van der Waals surface area contributed by atoms with Crippen molar-refractivity contribution in [2.75, 3.05) is 19.0 Å². The first kappa shape index (κ1) is 21.0. The molecule has 152 valence electrons. The van der Waals surface area contributed by atoms with Crippen LogP contribution in [0, 0.1) is 0 Å². The number of nitrogens with one attached hydrogen (secondary N) is 2. The summed E-state index contributed by atoms with van der Waals surface area (Å²) in [4.78, 5) is 12.6. The van der Waals surface area contributed by atoms with E-state index in [-0.39, 0.29) is 29.9 Å². The Morgan fingerprint density at radius 2 is 1.69 bits per heavy atom. The van der Waals surface area contributed by atoms with Gasteiger partial charge in [-0.05, 0) is 47.5 Å². The molecule has 0 saturated carbocycles. The highest BCUT2D eigenvalue weighted by Gasteiger charge is 2.17. The molecule has 3 aromatic carbocycles. The van der Waals surface area contributed by atoms with Gasteiger partial charge in [-0.1, -0.05) is 42.5 Å². The van der Waals surface area contributed by atoms with Crippen molar-refractivity contribution in [1.82, 2.24) is 4.72 Å². The number of benzene rings is 3. The minimum atomic E-state index is -3.64. The first-order valence-corrected chi connectivity index (χ1v) is 10.7. The number of sulfonamides is 1. The van der Waals surface area contributed by atoms with Crippen molar-refractivity contribution in [1.29, 1.82) is 0 Å². The molecule has 1 amide bonds. The summed E-state index contributed by atoms with van der Waals surface area (Å²) in [7, 11) is -2.13. The van der Waals surface area contributed by atoms with Crippen LogP contribution in [0.5, 0.6) is 0 Å². The molecule has 0 saturated heterocycles. The minimum Gasteiger partial charge on any atom is -0.383 e. The van der Waals surface area contributed by atoms with Gasteiger partial charge in [-0.3, -0.25) is 4.79 Å². The lowest BCUT2D eigenvalue weighted by Gasteiger charge is -2.13. The molecule has 0 bridgehead atoms. The molecule has 0 fully saturated rings. The Labute approximate surface area is 170 Å². The van der Waals surface area contributed by atoms with Crippen molar-refractivity contribution in [3.63, 3.8) is 0 Å². The summed E-state index contributed by atoms with van der Waals surface area (Å²) in [5, 5.41) is 4.95. The highest BCUT2D eigenvalue weighted by Crippen LogP contribution is 2.20. The Balaban J connectivity index is 1.67. The molecule has 0 radical (unpaired) electrons. The Bertz CT molecular complexity index is 1090. The number of carbonyl (C=O) groups excluding carboxylic acids is 1. The quantitative estimate of drug-likeness (QED) is 0.594. The van der Waals surface area contributed by atoms with Crippen LogP contribution in [0.1, 0.15) is 12.5 Å². The smallest absolute Gasteiger partial charge is 0.240 e. The summed E-state index contributed by atoms with van der Waals surface area (Å²) in [6.45, 7) is 2.00. The van der Waals surface area contributed by atoms with E-state index >= 15 is 0 Å². The molecule has 0 spiro atoms. The van der Waals surface area contributed by atoms with E-state index in [0.717, 1.165) is 16.3 Å². The maximum Gasteiger partial charge on any atom is 0.240 e. The van der Waals surface area contributed by atoms with Gasteiger partial charge >= 0.3 is 0 Å². The van der Waals surface area contributed by atoms with Gasteiger partial charge in [0.05, 0.1) is 17.9 Å². The molecule has 0 aliphatic rings. The van der Waals surface area contributed by atoms with Crippen LogP contribution in [0.2, 0.25) is 0 Å². The normalized spacial score (nSPS) is 12.6. The Morgan fingerprint density at radius 3 is 2.41 bits per heavy atom. The van der Waals surface area contributed by atoms with Crippen LogP contribution < -0.4 is 10.0 Å². The van der Waals surface area contributed by atoms with Crippen LogP contribution in [-0.2, 0) is 26.0 Å². The van der Waals surface area contributed by atoms with Gasteiger partial charge in [0.15, 0.2) is 0 Å². The Morgan fingerprint density at radius 1 is 1.00 bits per heavy atom. The molecule has 0 heterocycles. The second-order valence-electron chi connectivity index (χ2n) is 6.87. The topological polar surface area (TPSA) is 84.5 Å². The van der Waals surface area contributed by atoms with Crippen molar-refractivity contribution in [3.05, 3.63) is 72.3 Å². The number of ether oxygens (including phenoxy) is 1. The molecule has 1 unspecified atom stereocenters. The second-order valence-corrected chi connectivity index (χ2v) is 8.58. The summed E-state index contributed by atoms with van der Waals surface area (Å²) >= 11 is 0. The largest absolute Gasteiger partial charge is 0.383 e. The van der Waals surface area contributed by atoms with E-state index in [0.29, 0.717) is 5.69 Å². The molecular formula is C22H24N2O4S. The van der Waals surface area contributed by atoms with E-state index in [9.17, 15) is 13.2 Å². The van der Waals surface area contributed by atoms with Gasteiger partial charge in [0.2, 0.25) is 15.9 Å². The lowest BCUT2D eigenvalue weighted by atomic mass is 10.0. The van der Waals surface area contributed by atoms with Crippen molar-refractivity contribution < 1.29 is 17.9 Å². The molecule has 0 aliphatic carbocycles. The molecule has 0 aliphatic heterocycles. The fraction of sp³-hybridized carbons (Fsp3) is 0.227. The van der Waals surface area contributed by atoms with Gasteiger partial charge in [0.1, 0.15) is 0 Å². The number of hydrogen-bond acceptors (Lipinski definition) is 4. The summed E-state index contributed by atoms with van der Waals surface area (Å²) < 4.78 is 32.2. The zero-order valence-corrected chi connectivity index (χ0v) is 17.2. The van der Waals surface area contributed by atoms with Crippen molar-refractivity contribution in [2.24, 2.45) is 0 Å². The van der Waals surface area contributed by atoms with E-state index in [1.165, 1.54) is 19.2 Å². The summed E-state index contributed by atoms with van der Waals surface area (Å²) in [5.41, 5.74) is 1.48. The monoisotopic (exact) mass is 412 g/mol. The number of amides is 1. The van der Waals surface area contributed by atoms with Crippen LogP contribution in [0.3, 0.4) is 0 Å². The average Bonchev–Trinajstić information content (AvgIpc) is 2.68. The molecule has 0 aromatic heterocycles. The van der Waals surface area contributed by atoms with E-state index in [2.05, 4.69) is 10.0 Å². The lowest BCUT2D eigenvalue weighted by molar-refractivity contribution is -0.115. The van der Waals surface area contributed by atoms with Crippen LogP contribution in [-0.4, -0.2) is 34.1 Å². The molecule has 1 atom stereocenters. The number of carbonyl (C=O) groups is 1. The van der Waals surface area contributed by atoms with Gasteiger partial charge in [-0.25, -0.2) is 13.1 Å². The average molecular weight is 413 g/mol. The number of anilines is 1. The van der Waals surface area contributed by atoms with Gasteiger partial charge in [-0.2, -0.15) is 0 Å². The first-order valence-electron chi connectivity index (χ1n) is 9.27. The molecule has 6 nitrogen and oxygen atoms in total. The van der Waals surface area contributed by atoms with Gasteiger partial charge in [0.25, 0.3) is 0 Å². The summed E-state index contributed by atoms with van der Waals surface area (Å²) in [6.07, 6.45) is 0.234. The predicted octanol–water partition coefficient (Wildman–Crippen LogP) is 3.33. The van der Waals surface area contributed by atoms with E-state index in [1.54, 1.807) is 19.1 Å². The number of methoxy groups -OCH3 is 1. The molecule has 3 rings (SSSR count). The van der Waals surface area contributed by atoms with E-state index in [4.69, 9.17) is 4.74 Å². The van der Waals surface area contributed by atoms with Crippen molar-refractivity contribution >= 4 is 32.4 Å². The number of rotatable bonds is 8. The minimum absolute atomic E-state index is 0.132. The van der Waals surface area contributed by atoms with Crippen molar-refractivity contribution in [3.8, 4) is 0 Å². The molecule has 29 heavy (non-hydrogen) atoms. The third-order valence-electron chi connectivity index (χ3n) is 4.45. The summed E-state index contributed by atoms with van der Waals surface area (Å²) in [5.74, 6) is -0.163. The maximum absolute atomic E-state index is 12.5. The van der Waals surface area contributed by atoms with E-state index < -0.39 is 10.0 Å². The van der Waals surface area contributed by atoms with Crippen LogP contribution in [0.15, 0.2) is 71.6 Å². The standard InChI is InChI=1S/C22H24N2O4S/c1-16(15-28-2)24-29(26,27)20-12-10-19(11-13-20)23-22(25)14-18-8-5-7-17-6-3-4-9-21(17)18/h3-13,16,24H,14-15H2,1-2H3,(H,23,25). The fourth-order valence-electron chi connectivity index (χ4n) is 3.16. The van der Waals surface area contributed by atoms with Crippen molar-refractivity contribution in [2.45, 2.75) is 24.3 Å². The molecule has 3 aromatic rings. The summed E-state index contributed by atoms with van der Waals surface area (Å²) in [6, 6.07) is 19.6. The Kier molecular flexibility index (Phi) is 6.64. The third-order valence-corrected chi connectivity index (χ3v) is 6.06. The molecular weight excluding hydrogens is 388 g/mol. The predicted molar refractivity (Wildman–Crippen MR) is 114 cm³/mol. The number of fused-ring (bicyclic) bond motifs is 1. The third kappa shape index (κ3) is 5.41. The van der Waals surface area contributed by atoms with Crippen LogP contribution >= 0.6 is 0 Å².